The highest BCUT2D eigenvalue weighted by atomic mass is 32.2. The number of rotatable bonds is 3. The summed E-state index contributed by atoms with van der Waals surface area (Å²) in [6.07, 6.45) is 2.32. The smallest absolute Gasteiger partial charge is 0.241 e. The van der Waals surface area contributed by atoms with E-state index in [-0.39, 0.29) is 17.0 Å². The van der Waals surface area contributed by atoms with Crippen molar-refractivity contribution in [3.8, 4) is 0 Å². The van der Waals surface area contributed by atoms with E-state index in [9.17, 15) is 13.5 Å². The van der Waals surface area contributed by atoms with Gasteiger partial charge in [-0.15, -0.1) is 0 Å². The lowest BCUT2D eigenvalue weighted by atomic mass is 9.94. The molecule has 2 rings (SSSR count). The van der Waals surface area contributed by atoms with E-state index in [0.717, 1.165) is 0 Å². The van der Waals surface area contributed by atoms with Crippen LogP contribution >= 0.6 is 0 Å². The minimum Gasteiger partial charge on any atom is -0.398 e. The van der Waals surface area contributed by atoms with Crippen molar-refractivity contribution >= 4 is 15.7 Å². The van der Waals surface area contributed by atoms with E-state index < -0.39 is 10.0 Å². The summed E-state index contributed by atoms with van der Waals surface area (Å²) in [6, 6.07) is 4.78. The van der Waals surface area contributed by atoms with Crippen molar-refractivity contribution in [1.82, 2.24) is 4.72 Å². The van der Waals surface area contributed by atoms with Crippen molar-refractivity contribution in [2.75, 3.05) is 5.73 Å². The molecule has 6 heteroatoms. The maximum absolute atomic E-state index is 12.3. The quantitative estimate of drug-likeness (QED) is 0.726. The van der Waals surface area contributed by atoms with Crippen LogP contribution in [0.5, 0.6) is 0 Å². The van der Waals surface area contributed by atoms with Gasteiger partial charge in [0.1, 0.15) is 0 Å². The molecule has 0 heterocycles. The van der Waals surface area contributed by atoms with Gasteiger partial charge < -0.3 is 10.8 Å². The first-order chi connectivity index (χ1) is 8.90. The standard InChI is InChI=1S/C13H20N2O3S/c1-9-12(14)3-2-4-13(9)19(17,18)15-10-5-7-11(16)8-6-10/h2-4,10-11,15-16H,5-8,14H2,1H3. The van der Waals surface area contributed by atoms with Crippen molar-refractivity contribution in [1.29, 1.82) is 0 Å². The molecule has 0 aliphatic heterocycles. The lowest BCUT2D eigenvalue weighted by Crippen LogP contribution is -2.38. The molecule has 5 nitrogen and oxygen atoms in total. The highest BCUT2D eigenvalue weighted by molar-refractivity contribution is 7.89. The maximum atomic E-state index is 12.3. The number of nitrogens with one attached hydrogen (secondary N) is 1. The Morgan fingerprint density at radius 3 is 2.53 bits per heavy atom. The summed E-state index contributed by atoms with van der Waals surface area (Å²) in [5.74, 6) is 0. The van der Waals surface area contributed by atoms with Crippen LogP contribution in [-0.4, -0.2) is 25.7 Å². The summed E-state index contributed by atoms with van der Waals surface area (Å²) in [5, 5.41) is 9.43. The fraction of sp³-hybridized carbons (Fsp3) is 0.538. The second kappa shape index (κ2) is 5.48. The molecule has 0 spiro atoms. The van der Waals surface area contributed by atoms with Gasteiger partial charge in [0.25, 0.3) is 0 Å². The third-order valence-electron chi connectivity index (χ3n) is 3.63. The van der Waals surface area contributed by atoms with Crippen molar-refractivity contribution in [2.45, 2.75) is 49.6 Å². The Kier molecular flexibility index (Phi) is 4.13. The van der Waals surface area contributed by atoms with Gasteiger partial charge in [0.2, 0.25) is 10.0 Å². The number of aliphatic hydroxyl groups is 1. The minimum atomic E-state index is -3.54. The van der Waals surface area contributed by atoms with E-state index >= 15 is 0 Å². The topological polar surface area (TPSA) is 92.4 Å². The van der Waals surface area contributed by atoms with Crippen LogP contribution in [0.2, 0.25) is 0 Å². The molecule has 0 unspecified atom stereocenters. The van der Waals surface area contributed by atoms with E-state index in [1.807, 2.05) is 0 Å². The lowest BCUT2D eigenvalue weighted by Gasteiger charge is -2.26. The molecule has 19 heavy (non-hydrogen) atoms. The van der Waals surface area contributed by atoms with E-state index in [2.05, 4.69) is 4.72 Å². The second-order valence-corrected chi connectivity index (χ2v) is 6.78. The van der Waals surface area contributed by atoms with Crippen LogP contribution in [0.25, 0.3) is 0 Å². The van der Waals surface area contributed by atoms with Crippen LogP contribution in [0.1, 0.15) is 31.2 Å². The fourth-order valence-electron chi connectivity index (χ4n) is 2.40. The monoisotopic (exact) mass is 284 g/mol. The van der Waals surface area contributed by atoms with Gasteiger partial charge in [-0.25, -0.2) is 13.1 Å². The number of hydrogen-bond acceptors (Lipinski definition) is 4. The molecule has 0 atom stereocenters. The Labute approximate surface area is 113 Å². The molecule has 4 N–H and O–H groups in total. The third kappa shape index (κ3) is 3.26. The summed E-state index contributed by atoms with van der Waals surface area (Å²) in [6.45, 7) is 1.70. The van der Waals surface area contributed by atoms with Crippen LogP contribution in [0, 0.1) is 6.92 Å². The van der Waals surface area contributed by atoms with Crippen LogP contribution < -0.4 is 10.5 Å². The molecule has 1 aromatic carbocycles. The zero-order valence-electron chi connectivity index (χ0n) is 11.0. The van der Waals surface area contributed by atoms with Crippen molar-refractivity contribution < 1.29 is 13.5 Å². The van der Waals surface area contributed by atoms with Gasteiger partial charge in [-0.05, 0) is 50.3 Å². The Morgan fingerprint density at radius 1 is 1.26 bits per heavy atom. The van der Waals surface area contributed by atoms with Crippen molar-refractivity contribution in [3.63, 3.8) is 0 Å². The molecule has 0 bridgehead atoms. The average molecular weight is 284 g/mol. The summed E-state index contributed by atoms with van der Waals surface area (Å²) < 4.78 is 27.4. The molecule has 1 aromatic rings. The van der Waals surface area contributed by atoms with E-state index in [1.54, 1.807) is 25.1 Å². The van der Waals surface area contributed by atoms with Gasteiger partial charge in [0, 0.05) is 11.7 Å². The van der Waals surface area contributed by atoms with Crippen LogP contribution in [0.4, 0.5) is 5.69 Å². The van der Waals surface area contributed by atoms with Gasteiger partial charge in [-0.3, -0.25) is 0 Å². The Bertz CT molecular complexity index is 549. The summed E-state index contributed by atoms with van der Waals surface area (Å²) in [4.78, 5) is 0.235. The third-order valence-corrected chi connectivity index (χ3v) is 5.30. The number of nitrogens with two attached hydrogens (primary N) is 1. The molecule has 1 aliphatic carbocycles. The summed E-state index contributed by atoms with van der Waals surface area (Å²) in [5.41, 5.74) is 6.79. The Balaban J connectivity index is 2.16. The predicted molar refractivity (Wildman–Crippen MR) is 74.2 cm³/mol. The van der Waals surface area contributed by atoms with Crippen LogP contribution in [0.15, 0.2) is 23.1 Å². The molecule has 1 saturated carbocycles. The predicted octanol–water partition coefficient (Wildman–Crippen LogP) is 1.16. The van der Waals surface area contributed by atoms with E-state index in [1.165, 1.54) is 0 Å². The number of hydrogen-bond donors (Lipinski definition) is 3. The molecule has 0 saturated heterocycles. The zero-order valence-corrected chi connectivity index (χ0v) is 11.8. The zero-order chi connectivity index (χ0) is 14.0. The van der Waals surface area contributed by atoms with Gasteiger partial charge in [0.05, 0.1) is 11.0 Å². The summed E-state index contributed by atoms with van der Waals surface area (Å²) >= 11 is 0. The van der Waals surface area contributed by atoms with Gasteiger partial charge in [-0.2, -0.15) is 0 Å². The van der Waals surface area contributed by atoms with Crippen LogP contribution in [0.3, 0.4) is 0 Å². The minimum absolute atomic E-state index is 0.103. The highest BCUT2D eigenvalue weighted by Gasteiger charge is 2.25. The highest BCUT2D eigenvalue weighted by Crippen LogP contribution is 2.23. The van der Waals surface area contributed by atoms with Gasteiger partial charge in [0.15, 0.2) is 0 Å². The molecule has 0 amide bonds. The number of nitrogen functional groups attached to an aromatic ring is 1. The molecule has 0 aromatic heterocycles. The second-order valence-electron chi connectivity index (χ2n) is 5.10. The van der Waals surface area contributed by atoms with Crippen molar-refractivity contribution in [3.05, 3.63) is 23.8 Å². The first-order valence-electron chi connectivity index (χ1n) is 6.45. The Hall–Kier alpha value is -1.11. The number of aliphatic hydroxyl groups excluding tert-OH is 1. The first kappa shape index (κ1) is 14.3. The Morgan fingerprint density at radius 2 is 1.89 bits per heavy atom. The molecule has 0 radical (unpaired) electrons. The van der Waals surface area contributed by atoms with Crippen LogP contribution in [-0.2, 0) is 10.0 Å². The summed E-state index contributed by atoms with van der Waals surface area (Å²) in [7, 11) is -3.54. The van der Waals surface area contributed by atoms with E-state index in [0.29, 0.717) is 36.9 Å². The fourth-order valence-corrected chi connectivity index (χ4v) is 3.98. The molecule has 106 valence electrons. The number of sulfonamides is 1. The molecular formula is C13H20N2O3S. The largest absolute Gasteiger partial charge is 0.398 e. The van der Waals surface area contributed by atoms with Crippen molar-refractivity contribution in [2.24, 2.45) is 0 Å². The van der Waals surface area contributed by atoms with Gasteiger partial charge in [-0.1, -0.05) is 6.07 Å². The van der Waals surface area contributed by atoms with E-state index in [4.69, 9.17) is 5.73 Å². The number of benzene rings is 1. The normalized spacial score (nSPS) is 24.3. The molecule has 1 aliphatic rings. The maximum Gasteiger partial charge on any atom is 0.241 e. The lowest BCUT2D eigenvalue weighted by molar-refractivity contribution is 0.120. The molecule has 1 fully saturated rings. The number of anilines is 1. The molecular weight excluding hydrogens is 264 g/mol. The first-order valence-corrected chi connectivity index (χ1v) is 7.94. The average Bonchev–Trinajstić information content (AvgIpc) is 2.35. The van der Waals surface area contributed by atoms with Gasteiger partial charge >= 0.3 is 0 Å². The SMILES string of the molecule is Cc1c(N)cccc1S(=O)(=O)NC1CCC(O)CC1.